The molecule has 0 aromatic heterocycles. The van der Waals surface area contributed by atoms with Gasteiger partial charge in [0.1, 0.15) is 6.04 Å². The molecule has 33 heavy (non-hydrogen) atoms. The number of carbonyl (C=O) groups excluding carboxylic acids is 3. The molecular formula is C25H30ClN3O4. The Morgan fingerprint density at radius 3 is 2.42 bits per heavy atom. The van der Waals surface area contributed by atoms with E-state index in [1.54, 1.807) is 50.2 Å². The maximum absolute atomic E-state index is 13.4. The average molecular weight is 472 g/mol. The van der Waals surface area contributed by atoms with Gasteiger partial charge in [0.25, 0.3) is 0 Å². The van der Waals surface area contributed by atoms with Gasteiger partial charge in [0.2, 0.25) is 5.91 Å². The summed E-state index contributed by atoms with van der Waals surface area (Å²) in [5.41, 5.74) is 1.99. The molecular weight excluding hydrogens is 442 g/mol. The fraction of sp³-hybridized carbons (Fsp3) is 0.400. The molecule has 1 aliphatic heterocycles. The number of ether oxygens (including phenoxy) is 1. The Kier molecular flexibility index (Phi) is 8.47. The van der Waals surface area contributed by atoms with Crippen molar-refractivity contribution in [2.45, 2.75) is 51.8 Å². The number of halogens is 1. The highest BCUT2D eigenvalue weighted by Crippen LogP contribution is 2.30. The van der Waals surface area contributed by atoms with Crippen LogP contribution in [0.3, 0.4) is 0 Å². The summed E-state index contributed by atoms with van der Waals surface area (Å²) < 4.78 is 5.60. The van der Waals surface area contributed by atoms with Crippen LogP contribution in [-0.4, -0.2) is 47.9 Å². The molecule has 0 saturated carbocycles. The predicted octanol–water partition coefficient (Wildman–Crippen LogP) is 3.86. The van der Waals surface area contributed by atoms with Crippen molar-refractivity contribution in [1.29, 1.82) is 0 Å². The van der Waals surface area contributed by atoms with Crippen LogP contribution >= 0.6 is 11.6 Å². The SMILES string of the molecule is Cc1ccc(NC(=O)C(=O)N(C(C)C)[C@@H](C(=O)NC[C@@H]2CCCO2)c2ccccc2Cl)cc1. The number of hydrogen-bond donors (Lipinski definition) is 2. The molecule has 0 unspecified atom stereocenters. The van der Waals surface area contributed by atoms with Crippen molar-refractivity contribution >= 4 is 35.0 Å². The number of nitrogens with one attached hydrogen (secondary N) is 2. The minimum atomic E-state index is -1.07. The highest BCUT2D eigenvalue weighted by Gasteiger charge is 2.37. The van der Waals surface area contributed by atoms with E-state index in [0.29, 0.717) is 29.4 Å². The third-order valence-electron chi connectivity index (χ3n) is 5.55. The number of hydrogen-bond acceptors (Lipinski definition) is 4. The maximum Gasteiger partial charge on any atom is 0.313 e. The van der Waals surface area contributed by atoms with Gasteiger partial charge in [-0.3, -0.25) is 14.4 Å². The van der Waals surface area contributed by atoms with E-state index in [4.69, 9.17) is 16.3 Å². The first kappa shape index (κ1) is 24.7. The van der Waals surface area contributed by atoms with Crippen molar-refractivity contribution in [3.05, 3.63) is 64.7 Å². The van der Waals surface area contributed by atoms with Gasteiger partial charge in [-0.1, -0.05) is 47.5 Å². The molecule has 0 aliphatic carbocycles. The Labute approximate surface area is 199 Å². The Bertz CT molecular complexity index is 987. The highest BCUT2D eigenvalue weighted by atomic mass is 35.5. The molecule has 8 heteroatoms. The van der Waals surface area contributed by atoms with Crippen molar-refractivity contribution in [1.82, 2.24) is 10.2 Å². The largest absolute Gasteiger partial charge is 0.376 e. The summed E-state index contributed by atoms with van der Waals surface area (Å²) in [6.45, 7) is 6.45. The van der Waals surface area contributed by atoms with Gasteiger partial charge in [-0.2, -0.15) is 0 Å². The van der Waals surface area contributed by atoms with E-state index >= 15 is 0 Å². The van der Waals surface area contributed by atoms with E-state index < -0.39 is 29.8 Å². The van der Waals surface area contributed by atoms with Crippen LogP contribution in [0, 0.1) is 6.92 Å². The smallest absolute Gasteiger partial charge is 0.313 e. The standard InChI is InChI=1S/C25H30ClN3O4/c1-16(2)29(25(32)24(31)28-18-12-10-17(3)11-13-18)22(20-8-4-5-9-21(20)26)23(30)27-15-19-7-6-14-33-19/h4-5,8-13,16,19,22H,6-7,14-15H2,1-3H3,(H,27,30)(H,28,31)/t19-,22+/m0/s1. The van der Waals surface area contributed by atoms with Gasteiger partial charge in [-0.25, -0.2) is 0 Å². The average Bonchev–Trinajstić information content (AvgIpc) is 3.31. The summed E-state index contributed by atoms with van der Waals surface area (Å²) in [5.74, 6) is -2.05. The number of aryl methyl sites for hydroxylation is 1. The number of benzene rings is 2. The van der Waals surface area contributed by atoms with Gasteiger partial charge in [0.05, 0.1) is 6.10 Å². The fourth-order valence-electron chi connectivity index (χ4n) is 3.82. The van der Waals surface area contributed by atoms with Crippen molar-refractivity contribution in [2.24, 2.45) is 0 Å². The van der Waals surface area contributed by atoms with Gasteiger partial charge >= 0.3 is 11.8 Å². The van der Waals surface area contributed by atoms with Crippen LogP contribution in [0.4, 0.5) is 5.69 Å². The first-order valence-electron chi connectivity index (χ1n) is 11.1. The summed E-state index contributed by atoms with van der Waals surface area (Å²) in [4.78, 5) is 40.8. The van der Waals surface area contributed by atoms with E-state index in [2.05, 4.69) is 10.6 Å². The van der Waals surface area contributed by atoms with Gasteiger partial charge in [-0.05, 0) is 51.8 Å². The van der Waals surface area contributed by atoms with Crippen molar-refractivity contribution in [3.8, 4) is 0 Å². The van der Waals surface area contributed by atoms with E-state index in [9.17, 15) is 14.4 Å². The molecule has 176 valence electrons. The molecule has 3 amide bonds. The molecule has 1 fully saturated rings. The number of anilines is 1. The van der Waals surface area contributed by atoms with Crippen molar-refractivity contribution in [3.63, 3.8) is 0 Å². The van der Waals surface area contributed by atoms with Gasteiger partial charge in [0.15, 0.2) is 0 Å². The molecule has 2 aromatic carbocycles. The van der Waals surface area contributed by atoms with Crippen LogP contribution < -0.4 is 10.6 Å². The van der Waals surface area contributed by atoms with Crippen molar-refractivity contribution in [2.75, 3.05) is 18.5 Å². The predicted molar refractivity (Wildman–Crippen MR) is 128 cm³/mol. The first-order chi connectivity index (χ1) is 15.8. The van der Waals surface area contributed by atoms with E-state index in [1.807, 2.05) is 19.1 Å². The summed E-state index contributed by atoms with van der Waals surface area (Å²) >= 11 is 6.42. The monoisotopic (exact) mass is 471 g/mol. The Morgan fingerprint density at radius 1 is 1.12 bits per heavy atom. The van der Waals surface area contributed by atoms with Gasteiger partial charge in [-0.15, -0.1) is 0 Å². The fourth-order valence-corrected chi connectivity index (χ4v) is 4.06. The van der Waals surface area contributed by atoms with Crippen LogP contribution in [0.2, 0.25) is 5.02 Å². The molecule has 0 spiro atoms. The second-order valence-electron chi connectivity index (χ2n) is 8.43. The molecule has 2 aromatic rings. The zero-order valence-electron chi connectivity index (χ0n) is 19.1. The van der Waals surface area contributed by atoms with Gasteiger partial charge < -0.3 is 20.3 Å². The van der Waals surface area contributed by atoms with Crippen molar-refractivity contribution < 1.29 is 19.1 Å². The lowest BCUT2D eigenvalue weighted by molar-refractivity contribution is -0.149. The third kappa shape index (κ3) is 6.33. The van der Waals surface area contributed by atoms with E-state index in [-0.39, 0.29) is 6.10 Å². The minimum absolute atomic E-state index is 0.0612. The van der Waals surface area contributed by atoms with E-state index in [1.165, 1.54) is 4.90 Å². The second kappa shape index (κ2) is 11.3. The summed E-state index contributed by atoms with van der Waals surface area (Å²) in [6, 6.07) is 12.4. The van der Waals surface area contributed by atoms with Crippen LogP contribution in [0.5, 0.6) is 0 Å². The molecule has 7 nitrogen and oxygen atoms in total. The second-order valence-corrected chi connectivity index (χ2v) is 8.84. The molecule has 3 rings (SSSR count). The zero-order chi connectivity index (χ0) is 24.0. The Morgan fingerprint density at radius 2 is 1.82 bits per heavy atom. The number of rotatable bonds is 7. The molecule has 2 atom stereocenters. The molecule has 0 radical (unpaired) electrons. The lowest BCUT2D eigenvalue weighted by atomic mass is 10.0. The lowest BCUT2D eigenvalue weighted by Crippen LogP contribution is -2.51. The number of nitrogens with zero attached hydrogens (tertiary/aromatic N) is 1. The summed E-state index contributed by atoms with van der Waals surface area (Å²) in [6.07, 6.45) is 1.75. The van der Waals surface area contributed by atoms with Crippen LogP contribution in [0.25, 0.3) is 0 Å². The Balaban J connectivity index is 1.87. The Hall–Kier alpha value is -2.90. The quantitative estimate of drug-likeness (QED) is 0.600. The van der Waals surface area contributed by atoms with Crippen LogP contribution in [-0.2, 0) is 19.1 Å². The first-order valence-corrected chi connectivity index (χ1v) is 11.5. The molecule has 1 aliphatic rings. The van der Waals surface area contributed by atoms with Gasteiger partial charge in [0, 0.05) is 35.5 Å². The van der Waals surface area contributed by atoms with E-state index in [0.717, 1.165) is 18.4 Å². The zero-order valence-corrected chi connectivity index (χ0v) is 19.9. The lowest BCUT2D eigenvalue weighted by Gasteiger charge is -2.34. The number of amides is 3. The normalized spacial score (nSPS) is 16.3. The summed E-state index contributed by atoms with van der Waals surface area (Å²) in [7, 11) is 0. The minimum Gasteiger partial charge on any atom is -0.376 e. The summed E-state index contributed by atoms with van der Waals surface area (Å²) in [5, 5.41) is 5.85. The van der Waals surface area contributed by atoms with Crippen LogP contribution in [0.1, 0.15) is 43.9 Å². The number of carbonyl (C=O) groups is 3. The molecule has 1 saturated heterocycles. The molecule has 2 N–H and O–H groups in total. The van der Waals surface area contributed by atoms with Crippen LogP contribution in [0.15, 0.2) is 48.5 Å². The topological polar surface area (TPSA) is 87.7 Å². The molecule has 1 heterocycles. The highest BCUT2D eigenvalue weighted by molar-refractivity contribution is 6.40. The molecule has 0 bridgehead atoms. The maximum atomic E-state index is 13.4. The third-order valence-corrected chi connectivity index (χ3v) is 5.89.